The molecule has 1 N–H and O–H groups in total. The smallest absolute Gasteiger partial charge is 0.00136 e. The van der Waals surface area contributed by atoms with Gasteiger partial charge in [0.1, 0.15) is 0 Å². The Kier molecular flexibility index (Phi) is 2.52. The van der Waals surface area contributed by atoms with Gasteiger partial charge in [-0.05, 0) is 98.3 Å². The number of hydrogen-bond donors (Lipinski definition) is 1. The minimum Gasteiger partial charge on any atom is -0.316 e. The third kappa shape index (κ3) is 1.39. The molecule has 4 bridgehead atoms. The molecule has 112 valence electrons. The van der Waals surface area contributed by atoms with Crippen LogP contribution in [0.5, 0.6) is 0 Å². The topological polar surface area (TPSA) is 12.0 Å². The summed E-state index contributed by atoms with van der Waals surface area (Å²) >= 11 is 0. The van der Waals surface area contributed by atoms with Gasteiger partial charge in [0.15, 0.2) is 0 Å². The van der Waals surface area contributed by atoms with Gasteiger partial charge in [0.2, 0.25) is 0 Å². The van der Waals surface area contributed by atoms with E-state index in [1.54, 1.807) is 44.9 Å². The molecular formula is C19H31N. The highest BCUT2D eigenvalue weighted by molar-refractivity contribution is 5.14. The van der Waals surface area contributed by atoms with Crippen molar-refractivity contribution in [1.82, 2.24) is 5.32 Å². The summed E-state index contributed by atoms with van der Waals surface area (Å²) < 4.78 is 0. The zero-order valence-corrected chi connectivity index (χ0v) is 13.2. The number of fused-ring (bicyclic) bond motifs is 2. The van der Waals surface area contributed by atoms with Crippen LogP contribution in [0.1, 0.15) is 64.7 Å². The maximum Gasteiger partial charge on any atom is 0.00136 e. The van der Waals surface area contributed by atoms with Crippen molar-refractivity contribution in [2.75, 3.05) is 13.1 Å². The molecular weight excluding hydrogens is 242 g/mol. The van der Waals surface area contributed by atoms with Crippen molar-refractivity contribution in [1.29, 1.82) is 0 Å². The third-order valence-electron chi connectivity index (χ3n) is 8.86. The van der Waals surface area contributed by atoms with Gasteiger partial charge in [-0.15, -0.1) is 0 Å². The zero-order valence-electron chi connectivity index (χ0n) is 13.2. The lowest BCUT2D eigenvalue weighted by atomic mass is 9.37. The Hall–Kier alpha value is -0.0400. The molecule has 1 spiro atoms. The van der Waals surface area contributed by atoms with Crippen molar-refractivity contribution in [3.63, 3.8) is 0 Å². The molecule has 1 aliphatic heterocycles. The van der Waals surface area contributed by atoms with E-state index in [9.17, 15) is 0 Å². The molecule has 0 aromatic rings. The average Bonchev–Trinajstić information content (AvgIpc) is 2.45. The van der Waals surface area contributed by atoms with Gasteiger partial charge in [-0.3, -0.25) is 0 Å². The van der Waals surface area contributed by atoms with E-state index in [1.165, 1.54) is 25.9 Å². The van der Waals surface area contributed by atoms with Crippen molar-refractivity contribution in [2.24, 2.45) is 40.4 Å². The van der Waals surface area contributed by atoms with Crippen molar-refractivity contribution >= 4 is 0 Å². The summed E-state index contributed by atoms with van der Waals surface area (Å²) in [5.41, 5.74) is 1.52. The first-order chi connectivity index (χ1) is 9.74. The van der Waals surface area contributed by atoms with Crippen molar-refractivity contribution in [3.05, 3.63) is 0 Å². The van der Waals surface area contributed by atoms with Crippen LogP contribution >= 0.6 is 0 Å². The molecule has 6 aliphatic rings. The van der Waals surface area contributed by atoms with Gasteiger partial charge in [-0.1, -0.05) is 13.3 Å². The highest BCUT2D eigenvalue weighted by Gasteiger charge is 2.64. The molecule has 0 amide bonds. The lowest BCUT2D eigenvalue weighted by molar-refractivity contribution is -0.192. The molecule has 7 atom stereocenters. The number of piperidine rings is 1. The van der Waals surface area contributed by atoms with Crippen molar-refractivity contribution in [3.8, 4) is 0 Å². The second-order valence-electron chi connectivity index (χ2n) is 9.29. The second-order valence-corrected chi connectivity index (χ2v) is 9.29. The van der Waals surface area contributed by atoms with Crippen LogP contribution in [-0.4, -0.2) is 13.1 Å². The summed E-state index contributed by atoms with van der Waals surface area (Å²) in [5.74, 6) is 5.34. The molecule has 0 aromatic carbocycles. The van der Waals surface area contributed by atoms with Crippen LogP contribution in [0.4, 0.5) is 0 Å². The quantitative estimate of drug-likeness (QED) is 0.696. The van der Waals surface area contributed by atoms with Crippen LogP contribution < -0.4 is 5.32 Å². The van der Waals surface area contributed by atoms with Gasteiger partial charge < -0.3 is 5.32 Å². The molecule has 5 saturated carbocycles. The molecule has 1 nitrogen and oxygen atoms in total. The predicted molar refractivity (Wildman–Crippen MR) is 82.4 cm³/mol. The highest BCUT2D eigenvalue weighted by atomic mass is 14.9. The molecule has 6 fully saturated rings. The van der Waals surface area contributed by atoms with Gasteiger partial charge in [-0.25, -0.2) is 0 Å². The monoisotopic (exact) mass is 273 g/mol. The SMILES string of the molecule is CC1CC23CCC1CC2C12CCCC(CNC1)C2CC3. The summed E-state index contributed by atoms with van der Waals surface area (Å²) in [4.78, 5) is 0. The standard InChI is InChI=1S/C19H31N/c1-13-10-18-7-4-14(13)9-17(18)19-6-2-3-15(11-20-12-19)16(19)5-8-18/h13-17,20H,2-12H2,1H3. The Morgan fingerprint density at radius 1 is 1.00 bits per heavy atom. The summed E-state index contributed by atoms with van der Waals surface area (Å²) in [6.45, 7) is 5.28. The zero-order chi connectivity index (χ0) is 13.4. The fraction of sp³-hybridized carbons (Fsp3) is 1.00. The molecule has 6 rings (SSSR count). The fourth-order valence-corrected chi connectivity index (χ4v) is 8.16. The van der Waals surface area contributed by atoms with Crippen molar-refractivity contribution < 1.29 is 0 Å². The molecule has 7 unspecified atom stereocenters. The van der Waals surface area contributed by atoms with E-state index < -0.39 is 0 Å². The Morgan fingerprint density at radius 3 is 2.80 bits per heavy atom. The Labute approximate surface area is 124 Å². The second kappa shape index (κ2) is 4.03. The Balaban J connectivity index is 1.57. The Bertz CT molecular complexity index is 406. The van der Waals surface area contributed by atoms with E-state index >= 15 is 0 Å². The molecule has 20 heavy (non-hydrogen) atoms. The van der Waals surface area contributed by atoms with Crippen LogP contribution in [-0.2, 0) is 0 Å². The van der Waals surface area contributed by atoms with E-state index in [2.05, 4.69) is 12.2 Å². The van der Waals surface area contributed by atoms with E-state index in [0.29, 0.717) is 0 Å². The highest BCUT2D eigenvalue weighted by Crippen LogP contribution is 2.71. The van der Waals surface area contributed by atoms with Gasteiger partial charge in [0.05, 0.1) is 0 Å². The third-order valence-corrected chi connectivity index (χ3v) is 8.86. The van der Waals surface area contributed by atoms with Gasteiger partial charge in [0, 0.05) is 6.54 Å². The first-order valence-electron chi connectivity index (χ1n) is 9.44. The lowest BCUT2D eigenvalue weighted by Crippen LogP contribution is -2.66. The minimum atomic E-state index is 0.734. The van der Waals surface area contributed by atoms with Gasteiger partial charge in [0.25, 0.3) is 0 Å². The summed E-state index contributed by atoms with van der Waals surface area (Å²) in [7, 11) is 0. The summed E-state index contributed by atoms with van der Waals surface area (Å²) in [6.07, 6.45) is 14.1. The molecule has 0 aromatic heterocycles. The molecule has 1 heterocycles. The maximum atomic E-state index is 3.88. The number of rotatable bonds is 0. The first-order valence-corrected chi connectivity index (χ1v) is 9.44. The largest absolute Gasteiger partial charge is 0.316 e. The van der Waals surface area contributed by atoms with E-state index in [-0.39, 0.29) is 0 Å². The Morgan fingerprint density at radius 2 is 1.90 bits per heavy atom. The molecule has 1 heteroatoms. The normalized spacial score (nSPS) is 60.8. The maximum absolute atomic E-state index is 3.88. The van der Waals surface area contributed by atoms with E-state index in [0.717, 1.165) is 40.4 Å². The van der Waals surface area contributed by atoms with E-state index in [1.807, 2.05) is 0 Å². The molecule has 5 aliphatic carbocycles. The van der Waals surface area contributed by atoms with Crippen LogP contribution in [0.2, 0.25) is 0 Å². The van der Waals surface area contributed by atoms with Crippen molar-refractivity contribution in [2.45, 2.75) is 64.7 Å². The summed E-state index contributed by atoms with van der Waals surface area (Å²) in [5, 5.41) is 3.88. The predicted octanol–water partition coefficient (Wildman–Crippen LogP) is 4.23. The molecule has 0 radical (unpaired) electrons. The first kappa shape index (κ1) is 12.5. The van der Waals surface area contributed by atoms with Gasteiger partial charge >= 0.3 is 0 Å². The number of hydrogen-bond acceptors (Lipinski definition) is 1. The van der Waals surface area contributed by atoms with E-state index in [4.69, 9.17) is 0 Å². The minimum absolute atomic E-state index is 0.734. The molecule has 1 saturated heterocycles. The number of nitrogens with one attached hydrogen (secondary N) is 1. The van der Waals surface area contributed by atoms with Gasteiger partial charge in [-0.2, -0.15) is 0 Å². The average molecular weight is 273 g/mol. The van der Waals surface area contributed by atoms with Crippen LogP contribution in [0.15, 0.2) is 0 Å². The lowest BCUT2D eigenvalue weighted by Gasteiger charge is -2.69. The fourth-order valence-electron chi connectivity index (χ4n) is 8.16. The van der Waals surface area contributed by atoms with Crippen LogP contribution in [0, 0.1) is 40.4 Å². The summed E-state index contributed by atoms with van der Waals surface area (Å²) in [6, 6.07) is 0. The van der Waals surface area contributed by atoms with Crippen LogP contribution in [0.3, 0.4) is 0 Å². The van der Waals surface area contributed by atoms with Crippen LogP contribution in [0.25, 0.3) is 0 Å².